The van der Waals surface area contributed by atoms with Crippen LogP contribution in [0.1, 0.15) is 27.4 Å². The van der Waals surface area contributed by atoms with E-state index in [0.29, 0.717) is 35.3 Å². The smallest absolute Gasteiger partial charge is 0.274 e. The van der Waals surface area contributed by atoms with Crippen LogP contribution in [-0.2, 0) is 6.54 Å². The van der Waals surface area contributed by atoms with Gasteiger partial charge in [0.15, 0.2) is 0 Å². The Balaban J connectivity index is 1.77. The van der Waals surface area contributed by atoms with E-state index in [-0.39, 0.29) is 5.91 Å². The quantitative estimate of drug-likeness (QED) is 0.694. The summed E-state index contributed by atoms with van der Waals surface area (Å²) in [6, 6.07) is 17.2. The molecule has 0 aliphatic rings. The van der Waals surface area contributed by atoms with Gasteiger partial charge in [-0.25, -0.2) is 9.97 Å². The Morgan fingerprint density at radius 2 is 1.81 bits per heavy atom. The van der Waals surface area contributed by atoms with Crippen LogP contribution in [-0.4, -0.2) is 23.0 Å². The number of carbonyl (C=O) groups is 1. The zero-order valence-electron chi connectivity index (χ0n) is 15.6. The lowest BCUT2D eigenvalue weighted by Crippen LogP contribution is -2.16. The molecule has 27 heavy (non-hydrogen) atoms. The molecule has 0 aliphatic heterocycles. The van der Waals surface area contributed by atoms with Gasteiger partial charge in [-0.2, -0.15) is 0 Å². The van der Waals surface area contributed by atoms with Crippen molar-refractivity contribution >= 4 is 17.4 Å². The number of nitrogens with zero attached hydrogens (tertiary/aromatic N) is 2. The molecule has 0 aliphatic carbocycles. The van der Waals surface area contributed by atoms with Crippen molar-refractivity contribution in [3.8, 4) is 5.75 Å². The molecule has 6 heteroatoms. The molecule has 3 aromatic rings. The van der Waals surface area contributed by atoms with Gasteiger partial charge in [0.05, 0.1) is 12.8 Å². The Hall–Kier alpha value is -3.41. The Labute approximate surface area is 158 Å². The molecule has 0 saturated carbocycles. The summed E-state index contributed by atoms with van der Waals surface area (Å²) in [6.07, 6.45) is 0. The van der Waals surface area contributed by atoms with Gasteiger partial charge in [0.2, 0.25) is 0 Å². The van der Waals surface area contributed by atoms with E-state index in [2.05, 4.69) is 20.6 Å². The predicted octanol–water partition coefficient (Wildman–Crippen LogP) is 3.97. The minimum absolute atomic E-state index is 0.293. The maximum atomic E-state index is 12.7. The highest BCUT2D eigenvalue weighted by atomic mass is 16.5. The first kappa shape index (κ1) is 18.4. The minimum Gasteiger partial charge on any atom is -0.495 e. The molecular formula is C21H22N4O2. The summed E-state index contributed by atoms with van der Waals surface area (Å²) in [5, 5.41) is 6.10. The summed E-state index contributed by atoms with van der Waals surface area (Å²) in [5.74, 6) is 1.41. The third-order valence-electron chi connectivity index (χ3n) is 3.99. The van der Waals surface area contributed by atoms with E-state index in [9.17, 15) is 4.79 Å². The lowest BCUT2D eigenvalue weighted by atomic mass is 10.2. The van der Waals surface area contributed by atoms with Crippen molar-refractivity contribution < 1.29 is 9.53 Å². The summed E-state index contributed by atoms with van der Waals surface area (Å²) in [4.78, 5) is 21.3. The van der Waals surface area contributed by atoms with E-state index >= 15 is 0 Å². The maximum Gasteiger partial charge on any atom is 0.274 e. The molecule has 138 valence electrons. The Bertz CT molecular complexity index is 942. The van der Waals surface area contributed by atoms with Crippen molar-refractivity contribution in [3.63, 3.8) is 0 Å². The van der Waals surface area contributed by atoms with E-state index < -0.39 is 0 Å². The third kappa shape index (κ3) is 4.82. The van der Waals surface area contributed by atoms with Crippen LogP contribution in [0.25, 0.3) is 0 Å². The zero-order valence-corrected chi connectivity index (χ0v) is 15.6. The summed E-state index contributed by atoms with van der Waals surface area (Å²) in [7, 11) is 1.57. The van der Waals surface area contributed by atoms with E-state index in [1.807, 2.05) is 55.5 Å². The summed E-state index contributed by atoms with van der Waals surface area (Å²) in [6.45, 7) is 4.33. The average Bonchev–Trinajstić information content (AvgIpc) is 2.67. The molecule has 2 aromatic carbocycles. The van der Waals surface area contributed by atoms with Crippen LogP contribution in [0, 0.1) is 13.8 Å². The van der Waals surface area contributed by atoms with Gasteiger partial charge < -0.3 is 15.4 Å². The fraction of sp³-hybridized carbons (Fsp3) is 0.190. The fourth-order valence-electron chi connectivity index (χ4n) is 2.67. The molecule has 6 nitrogen and oxygen atoms in total. The van der Waals surface area contributed by atoms with Gasteiger partial charge in [0.1, 0.15) is 23.1 Å². The molecule has 1 aromatic heterocycles. The van der Waals surface area contributed by atoms with Crippen LogP contribution in [0.2, 0.25) is 0 Å². The molecular weight excluding hydrogens is 340 g/mol. The summed E-state index contributed by atoms with van der Waals surface area (Å²) < 4.78 is 5.31. The van der Waals surface area contributed by atoms with E-state index in [1.165, 1.54) is 0 Å². The second kappa shape index (κ2) is 8.31. The van der Waals surface area contributed by atoms with E-state index in [0.717, 1.165) is 11.1 Å². The van der Waals surface area contributed by atoms with Crippen molar-refractivity contribution in [2.75, 3.05) is 17.7 Å². The standard InChI is InChI=1S/C21H22N4O2/c1-14-9-10-19(27-3)17(11-14)25-21(26)18-12-20(24-15(2)23-18)22-13-16-7-5-4-6-8-16/h4-12H,13H2,1-3H3,(H,25,26)(H,22,23,24). The molecule has 0 radical (unpaired) electrons. The number of anilines is 2. The van der Waals surface area contributed by atoms with Crippen molar-refractivity contribution in [1.82, 2.24) is 9.97 Å². The number of carbonyl (C=O) groups excluding carboxylic acids is 1. The molecule has 0 bridgehead atoms. The topological polar surface area (TPSA) is 76.1 Å². The van der Waals surface area contributed by atoms with E-state index in [1.54, 1.807) is 20.1 Å². The highest BCUT2D eigenvalue weighted by Crippen LogP contribution is 2.25. The normalized spacial score (nSPS) is 10.3. The van der Waals surface area contributed by atoms with Crippen LogP contribution in [0.15, 0.2) is 54.6 Å². The van der Waals surface area contributed by atoms with Crippen LogP contribution in [0.5, 0.6) is 5.75 Å². The summed E-state index contributed by atoms with van der Waals surface area (Å²) >= 11 is 0. The number of ether oxygens (including phenoxy) is 1. The largest absolute Gasteiger partial charge is 0.495 e. The lowest BCUT2D eigenvalue weighted by Gasteiger charge is -2.12. The highest BCUT2D eigenvalue weighted by molar-refractivity contribution is 6.04. The number of hydrogen-bond acceptors (Lipinski definition) is 5. The first-order chi connectivity index (χ1) is 13.0. The zero-order chi connectivity index (χ0) is 19.2. The number of rotatable bonds is 6. The number of aromatic nitrogens is 2. The number of nitrogens with one attached hydrogen (secondary N) is 2. The van der Waals surface area contributed by atoms with Crippen LogP contribution in [0.4, 0.5) is 11.5 Å². The molecule has 0 saturated heterocycles. The van der Waals surface area contributed by atoms with Crippen LogP contribution >= 0.6 is 0 Å². The monoisotopic (exact) mass is 362 g/mol. The minimum atomic E-state index is -0.313. The third-order valence-corrected chi connectivity index (χ3v) is 3.99. The average molecular weight is 362 g/mol. The SMILES string of the molecule is COc1ccc(C)cc1NC(=O)c1cc(NCc2ccccc2)nc(C)n1. The molecule has 1 heterocycles. The highest BCUT2D eigenvalue weighted by Gasteiger charge is 2.13. The molecule has 0 unspecified atom stereocenters. The molecule has 3 rings (SSSR count). The van der Waals surface area contributed by atoms with Crippen molar-refractivity contribution in [2.45, 2.75) is 20.4 Å². The Morgan fingerprint density at radius 1 is 1.04 bits per heavy atom. The molecule has 1 amide bonds. The number of benzene rings is 2. The maximum absolute atomic E-state index is 12.7. The van der Waals surface area contributed by atoms with Crippen LogP contribution < -0.4 is 15.4 Å². The van der Waals surface area contributed by atoms with E-state index in [4.69, 9.17) is 4.74 Å². The van der Waals surface area contributed by atoms with Gasteiger partial charge in [0, 0.05) is 12.6 Å². The molecule has 0 atom stereocenters. The first-order valence-electron chi connectivity index (χ1n) is 8.64. The van der Waals surface area contributed by atoms with Crippen LogP contribution in [0.3, 0.4) is 0 Å². The number of hydrogen-bond donors (Lipinski definition) is 2. The van der Waals surface area contributed by atoms with Gasteiger partial charge >= 0.3 is 0 Å². The molecule has 0 fully saturated rings. The second-order valence-corrected chi connectivity index (χ2v) is 6.18. The number of amides is 1. The van der Waals surface area contributed by atoms with Gasteiger partial charge in [0.25, 0.3) is 5.91 Å². The molecule has 2 N–H and O–H groups in total. The number of aryl methyl sites for hydroxylation is 2. The van der Waals surface area contributed by atoms with Gasteiger partial charge in [-0.15, -0.1) is 0 Å². The fourth-order valence-corrected chi connectivity index (χ4v) is 2.67. The Morgan fingerprint density at radius 3 is 2.56 bits per heavy atom. The Kier molecular flexibility index (Phi) is 5.66. The predicted molar refractivity (Wildman–Crippen MR) is 106 cm³/mol. The lowest BCUT2D eigenvalue weighted by molar-refractivity contribution is 0.102. The van der Waals surface area contributed by atoms with Crippen molar-refractivity contribution in [1.29, 1.82) is 0 Å². The van der Waals surface area contributed by atoms with Gasteiger partial charge in [-0.1, -0.05) is 36.4 Å². The second-order valence-electron chi connectivity index (χ2n) is 6.18. The summed E-state index contributed by atoms with van der Waals surface area (Å²) in [5.41, 5.74) is 3.05. The number of methoxy groups -OCH3 is 1. The first-order valence-corrected chi connectivity index (χ1v) is 8.64. The molecule has 0 spiro atoms. The van der Waals surface area contributed by atoms with Gasteiger partial charge in [-0.05, 0) is 37.1 Å². The van der Waals surface area contributed by atoms with Crippen molar-refractivity contribution in [3.05, 3.63) is 77.2 Å². The van der Waals surface area contributed by atoms with Gasteiger partial charge in [-0.3, -0.25) is 4.79 Å². The van der Waals surface area contributed by atoms with Crippen molar-refractivity contribution in [2.24, 2.45) is 0 Å².